The highest BCUT2D eigenvalue weighted by atomic mass is 32.1. The third-order valence-corrected chi connectivity index (χ3v) is 6.63. The zero-order valence-electron chi connectivity index (χ0n) is 20.8. The molecule has 38 heavy (non-hydrogen) atoms. The second-order valence-corrected chi connectivity index (χ2v) is 9.17. The van der Waals surface area contributed by atoms with E-state index in [1.54, 1.807) is 6.20 Å². The number of carbonyl (C=O) groups excluding carboxylic acids is 1. The van der Waals surface area contributed by atoms with Crippen molar-refractivity contribution in [3.05, 3.63) is 102 Å². The van der Waals surface area contributed by atoms with Gasteiger partial charge in [0.15, 0.2) is 5.11 Å². The Morgan fingerprint density at radius 3 is 2.61 bits per heavy atom. The van der Waals surface area contributed by atoms with Gasteiger partial charge in [-0.3, -0.25) is 9.78 Å². The average Bonchev–Trinajstić information content (AvgIpc) is 3.54. The summed E-state index contributed by atoms with van der Waals surface area (Å²) in [5, 5.41) is 6.68. The fraction of sp³-hybridized carbons (Fsp3) is 0.207. The normalized spacial score (nSPS) is 16.8. The van der Waals surface area contributed by atoms with Crippen LogP contribution in [0.4, 0.5) is 10.1 Å². The number of pyridine rings is 1. The largest absolute Gasteiger partial charge is 0.494 e. The Morgan fingerprint density at radius 1 is 1.11 bits per heavy atom. The molecule has 2 aromatic heterocycles. The van der Waals surface area contributed by atoms with Gasteiger partial charge >= 0.3 is 0 Å². The summed E-state index contributed by atoms with van der Waals surface area (Å²) in [5.74, 6) is 1.66. The Bertz CT molecular complexity index is 1390. The lowest BCUT2D eigenvalue weighted by atomic mass is 10.0. The van der Waals surface area contributed by atoms with Gasteiger partial charge < -0.3 is 24.7 Å². The van der Waals surface area contributed by atoms with Gasteiger partial charge in [0.1, 0.15) is 29.1 Å². The number of hydrogen-bond acceptors (Lipinski definition) is 5. The molecular weight excluding hydrogens is 503 g/mol. The van der Waals surface area contributed by atoms with Crippen LogP contribution in [0, 0.1) is 5.82 Å². The molecule has 0 unspecified atom stereocenters. The van der Waals surface area contributed by atoms with Gasteiger partial charge in [-0.15, -0.1) is 0 Å². The molecule has 0 radical (unpaired) electrons. The molecule has 1 amide bonds. The third-order valence-electron chi connectivity index (χ3n) is 6.27. The maximum atomic E-state index is 13.2. The van der Waals surface area contributed by atoms with Crippen molar-refractivity contribution in [1.82, 2.24) is 15.2 Å². The Hall–Kier alpha value is -4.24. The molecule has 0 bridgehead atoms. The molecule has 194 valence electrons. The number of anilines is 1. The molecule has 0 saturated carbocycles. The maximum Gasteiger partial charge on any atom is 0.226 e. The lowest BCUT2D eigenvalue weighted by Gasteiger charge is -2.25. The summed E-state index contributed by atoms with van der Waals surface area (Å²) in [4.78, 5) is 19.2. The highest BCUT2D eigenvalue weighted by Gasteiger charge is 2.41. The highest BCUT2D eigenvalue weighted by molar-refractivity contribution is 7.80. The lowest BCUT2D eigenvalue weighted by Crippen LogP contribution is -2.32. The minimum Gasteiger partial charge on any atom is -0.494 e. The van der Waals surface area contributed by atoms with Crippen molar-refractivity contribution in [2.75, 3.05) is 18.5 Å². The summed E-state index contributed by atoms with van der Waals surface area (Å²) >= 11 is 5.69. The summed E-state index contributed by atoms with van der Waals surface area (Å²) < 4.78 is 25.1. The zero-order valence-corrected chi connectivity index (χ0v) is 21.6. The number of furan rings is 1. The third kappa shape index (κ3) is 5.68. The predicted molar refractivity (Wildman–Crippen MR) is 147 cm³/mol. The summed E-state index contributed by atoms with van der Waals surface area (Å²) in [6, 6.07) is 22.4. The van der Waals surface area contributed by atoms with E-state index in [-0.39, 0.29) is 30.2 Å². The molecule has 2 N–H and O–H groups in total. The molecule has 9 heteroatoms. The first-order valence-corrected chi connectivity index (χ1v) is 12.8. The number of rotatable bonds is 9. The number of nitrogens with zero attached hydrogens (tertiary/aromatic N) is 2. The summed E-state index contributed by atoms with van der Waals surface area (Å²) in [7, 11) is 0. The van der Waals surface area contributed by atoms with Crippen molar-refractivity contribution in [3.63, 3.8) is 0 Å². The van der Waals surface area contributed by atoms with Crippen LogP contribution < -0.4 is 15.4 Å². The van der Waals surface area contributed by atoms with E-state index in [1.165, 1.54) is 24.3 Å². The van der Waals surface area contributed by atoms with E-state index < -0.39 is 0 Å². The molecule has 5 rings (SSSR count). The molecule has 4 aromatic rings. The predicted octanol–water partition coefficient (Wildman–Crippen LogP) is 5.88. The van der Waals surface area contributed by atoms with Crippen LogP contribution >= 0.6 is 12.2 Å². The molecule has 2 atom stereocenters. The molecule has 1 saturated heterocycles. The van der Waals surface area contributed by atoms with Gasteiger partial charge in [0.25, 0.3) is 0 Å². The summed E-state index contributed by atoms with van der Waals surface area (Å²) in [6.45, 7) is 2.90. The van der Waals surface area contributed by atoms with Crippen molar-refractivity contribution in [2.45, 2.75) is 25.4 Å². The second kappa shape index (κ2) is 11.4. The summed E-state index contributed by atoms with van der Waals surface area (Å²) in [5.41, 5.74) is 2.28. The van der Waals surface area contributed by atoms with Crippen LogP contribution in [0.1, 0.15) is 36.9 Å². The van der Waals surface area contributed by atoms with E-state index in [0.717, 1.165) is 22.8 Å². The van der Waals surface area contributed by atoms with Crippen molar-refractivity contribution >= 4 is 28.9 Å². The molecule has 0 aliphatic carbocycles. The average molecular weight is 531 g/mol. The smallest absolute Gasteiger partial charge is 0.226 e. The Morgan fingerprint density at radius 2 is 1.89 bits per heavy atom. The standard InChI is InChI=1S/C29H27FN4O3S/c1-2-36-22-12-6-19(7-13-22)24-14-15-25(37-24)28-27(23-5-3-4-17-31-23)33-29(38)34(28)18-16-26(35)32-21-10-8-20(30)9-11-21/h3-15,17,27-28H,2,16,18H2,1H3,(H,32,35)(H,33,38)/t27-,28+/m1/s1. The Labute approximate surface area is 225 Å². The van der Waals surface area contributed by atoms with Gasteiger partial charge in [-0.1, -0.05) is 6.07 Å². The maximum absolute atomic E-state index is 13.2. The van der Waals surface area contributed by atoms with E-state index in [9.17, 15) is 9.18 Å². The fourth-order valence-corrected chi connectivity index (χ4v) is 4.81. The zero-order chi connectivity index (χ0) is 26.5. The molecule has 0 spiro atoms. The number of hydrogen-bond donors (Lipinski definition) is 2. The van der Waals surface area contributed by atoms with Crippen molar-refractivity contribution in [2.24, 2.45) is 0 Å². The van der Waals surface area contributed by atoms with E-state index in [1.807, 2.05) is 66.4 Å². The molecule has 1 aliphatic rings. The Kier molecular flexibility index (Phi) is 7.65. The quantitative estimate of drug-likeness (QED) is 0.262. The molecule has 7 nitrogen and oxygen atoms in total. The van der Waals surface area contributed by atoms with Gasteiger partial charge in [0.2, 0.25) is 5.91 Å². The molecule has 3 heterocycles. The minimum atomic E-state index is -0.358. The van der Waals surface area contributed by atoms with Crippen LogP contribution in [0.25, 0.3) is 11.3 Å². The first kappa shape index (κ1) is 25.4. The lowest BCUT2D eigenvalue weighted by molar-refractivity contribution is -0.116. The van der Waals surface area contributed by atoms with Gasteiger partial charge in [-0.25, -0.2) is 4.39 Å². The minimum absolute atomic E-state index is 0.178. The van der Waals surface area contributed by atoms with Crippen LogP contribution in [-0.4, -0.2) is 34.1 Å². The van der Waals surface area contributed by atoms with Gasteiger partial charge in [-0.2, -0.15) is 0 Å². The highest BCUT2D eigenvalue weighted by Crippen LogP contribution is 2.40. The second-order valence-electron chi connectivity index (χ2n) is 8.78. The monoisotopic (exact) mass is 530 g/mol. The van der Waals surface area contributed by atoms with Gasteiger partial charge in [0, 0.05) is 30.4 Å². The number of carbonyl (C=O) groups is 1. The number of halogens is 1. The van der Waals surface area contributed by atoms with Crippen LogP contribution in [0.2, 0.25) is 0 Å². The number of nitrogens with one attached hydrogen (secondary N) is 2. The number of amides is 1. The first-order chi connectivity index (χ1) is 18.5. The van der Waals surface area contributed by atoms with E-state index >= 15 is 0 Å². The van der Waals surface area contributed by atoms with Crippen LogP contribution in [0.5, 0.6) is 5.75 Å². The SMILES string of the molecule is CCOc1ccc(-c2ccc([C@H]3[C@@H](c4ccccn4)NC(=S)N3CCC(=O)Nc3ccc(F)cc3)o2)cc1. The fourth-order valence-electron chi connectivity index (χ4n) is 4.48. The van der Waals surface area contributed by atoms with Crippen LogP contribution in [0.15, 0.2) is 89.5 Å². The number of aromatic nitrogens is 1. The van der Waals surface area contributed by atoms with Gasteiger partial charge in [0.05, 0.1) is 18.3 Å². The number of benzene rings is 2. The van der Waals surface area contributed by atoms with Crippen LogP contribution in [-0.2, 0) is 4.79 Å². The Balaban J connectivity index is 1.37. The molecule has 1 aliphatic heterocycles. The van der Waals surface area contributed by atoms with Gasteiger partial charge in [-0.05, 0) is 91.9 Å². The van der Waals surface area contributed by atoms with Crippen LogP contribution in [0.3, 0.4) is 0 Å². The molecular formula is C29H27FN4O3S. The number of ether oxygens (including phenoxy) is 1. The number of thiocarbonyl (C=S) groups is 1. The van der Waals surface area contributed by atoms with Crippen molar-refractivity contribution in [3.8, 4) is 17.1 Å². The van der Waals surface area contributed by atoms with Crippen molar-refractivity contribution < 1.29 is 18.3 Å². The van der Waals surface area contributed by atoms with Crippen molar-refractivity contribution in [1.29, 1.82) is 0 Å². The van der Waals surface area contributed by atoms with E-state index in [2.05, 4.69) is 15.6 Å². The van der Waals surface area contributed by atoms with E-state index in [4.69, 9.17) is 21.4 Å². The molecule has 2 aromatic carbocycles. The topological polar surface area (TPSA) is 79.6 Å². The molecule has 1 fully saturated rings. The first-order valence-electron chi connectivity index (χ1n) is 12.4. The summed E-state index contributed by atoms with van der Waals surface area (Å²) in [6.07, 6.45) is 1.92. The van der Waals surface area contributed by atoms with E-state index in [0.29, 0.717) is 29.7 Å².